The molecule has 35 heavy (non-hydrogen) atoms. The summed E-state index contributed by atoms with van der Waals surface area (Å²) in [5.41, 5.74) is 6.13. The number of allylic oxidation sites excluding steroid dienone is 2. The molecule has 1 heterocycles. The maximum absolute atomic E-state index is 11.3. The van der Waals surface area contributed by atoms with Crippen LogP contribution in [0.1, 0.15) is 142 Å². The number of unbranched alkanes of at least 4 members (excludes halogenated alkanes) is 18. The van der Waals surface area contributed by atoms with Gasteiger partial charge in [0.05, 0.1) is 6.20 Å². The Hall–Kier alpha value is -1.46. The number of hydrogen-bond donors (Lipinski definition) is 2. The number of rotatable bonds is 24. The molecular formula is C30H56N3O2+. The number of aliphatic imine (C=N–C) groups is 1. The van der Waals surface area contributed by atoms with Crippen molar-refractivity contribution in [1.82, 2.24) is 0 Å². The SMILES string of the molecule is C/C=C/CCCCCCCCCCCCCCCCCCCCC1=NC=C[N+]1(CC(=O)O)C(C)N. The van der Waals surface area contributed by atoms with Crippen LogP contribution < -0.4 is 5.73 Å². The number of carboxylic acids is 1. The zero-order valence-corrected chi connectivity index (χ0v) is 23.1. The molecule has 0 amide bonds. The van der Waals surface area contributed by atoms with Gasteiger partial charge in [0.15, 0.2) is 6.54 Å². The average Bonchev–Trinajstić information content (AvgIpc) is 3.23. The van der Waals surface area contributed by atoms with E-state index in [1.807, 2.05) is 13.1 Å². The molecule has 5 nitrogen and oxygen atoms in total. The topological polar surface area (TPSA) is 75.7 Å². The van der Waals surface area contributed by atoms with Gasteiger partial charge in [-0.1, -0.05) is 115 Å². The molecule has 3 N–H and O–H groups in total. The molecule has 0 aromatic heterocycles. The Morgan fingerprint density at radius 2 is 1.29 bits per heavy atom. The Morgan fingerprint density at radius 3 is 1.69 bits per heavy atom. The van der Waals surface area contributed by atoms with Gasteiger partial charge in [-0.3, -0.25) is 5.73 Å². The zero-order valence-electron chi connectivity index (χ0n) is 23.1. The van der Waals surface area contributed by atoms with E-state index in [4.69, 9.17) is 5.73 Å². The molecule has 0 saturated heterocycles. The highest BCUT2D eigenvalue weighted by atomic mass is 16.4. The van der Waals surface area contributed by atoms with Crippen molar-refractivity contribution in [2.24, 2.45) is 10.7 Å². The molecule has 0 bridgehead atoms. The maximum Gasteiger partial charge on any atom is 0.360 e. The van der Waals surface area contributed by atoms with Crippen molar-refractivity contribution in [3.05, 3.63) is 24.6 Å². The van der Waals surface area contributed by atoms with Gasteiger partial charge in [-0.05, 0) is 26.2 Å². The quantitative estimate of drug-likeness (QED) is 0.0809. The lowest BCUT2D eigenvalue weighted by Gasteiger charge is -2.34. The summed E-state index contributed by atoms with van der Waals surface area (Å²) in [6, 6.07) is 0. The molecule has 2 atom stereocenters. The molecule has 202 valence electrons. The van der Waals surface area contributed by atoms with Crippen molar-refractivity contribution in [3.63, 3.8) is 0 Å². The molecule has 2 unspecified atom stereocenters. The van der Waals surface area contributed by atoms with Crippen LogP contribution in [0.15, 0.2) is 29.5 Å². The Bertz CT molecular complexity index is 627. The Balaban J connectivity index is 1.86. The van der Waals surface area contributed by atoms with Crippen LogP contribution in [-0.2, 0) is 4.79 Å². The predicted molar refractivity (Wildman–Crippen MR) is 150 cm³/mol. The van der Waals surface area contributed by atoms with E-state index in [2.05, 4.69) is 24.1 Å². The summed E-state index contributed by atoms with van der Waals surface area (Å²) in [5, 5.41) is 9.29. The van der Waals surface area contributed by atoms with Gasteiger partial charge in [0.2, 0.25) is 5.84 Å². The average molecular weight is 491 g/mol. The second-order valence-electron chi connectivity index (χ2n) is 10.5. The lowest BCUT2D eigenvalue weighted by Crippen LogP contribution is -2.59. The normalized spacial score (nSPS) is 18.4. The van der Waals surface area contributed by atoms with Crippen molar-refractivity contribution in [2.75, 3.05) is 6.54 Å². The highest BCUT2D eigenvalue weighted by Gasteiger charge is 2.40. The molecule has 0 aromatic carbocycles. The molecule has 0 radical (unpaired) electrons. The third kappa shape index (κ3) is 14.6. The van der Waals surface area contributed by atoms with Gasteiger partial charge in [-0.25, -0.2) is 14.3 Å². The van der Waals surface area contributed by atoms with Crippen molar-refractivity contribution in [1.29, 1.82) is 0 Å². The van der Waals surface area contributed by atoms with E-state index >= 15 is 0 Å². The Morgan fingerprint density at radius 1 is 0.857 bits per heavy atom. The van der Waals surface area contributed by atoms with Crippen LogP contribution in [0.25, 0.3) is 0 Å². The van der Waals surface area contributed by atoms with Gasteiger partial charge in [-0.15, -0.1) is 0 Å². The van der Waals surface area contributed by atoms with Crippen LogP contribution in [0.3, 0.4) is 0 Å². The van der Waals surface area contributed by atoms with Crippen LogP contribution in [0.4, 0.5) is 0 Å². The van der Waals surface area contributed by atoms with E-state index in [1.165, 1.54) is 116 Å². The summed E-state index contributed by atoms with van der Waals surface area (Å²) in [7, 11) is 0. The molecule has 0 aliphatic carbocycles. The van der Waals surface area contributed by atoms with Gasteiger partial charge < -0.3 is 5.11 Å². The van der Waals surface area contributed by atoms with E-state index in [-0.39, 0.29) is 17.2 Å². The number of nitrogens with zero attached hydrogens (tertiary/aromatic N) is 2. The number of carboxylic acid groups (broad SMARTS) is 1. The first-order valence-corrected chi connectivity index (χ1v) is 14.7. The van der Waals surface area contributed by atoms with E-state index in [0.717, 1.165) is 18.7 Å². The molecular weight excluding hydrogens is 434 g/mol. The van der Waals surface area contributed by atoms with Gasteiger partial charge >= 0.3 is 5.97 Å². The van der Waals surface area contributed by atoms with Gasteiger partial charge in [-0.2, -0.15) is 0 Å². The monoisotopic (exact) mass is 490 g/mol. The highest BCUT2D eigenvalue weighted by Crippen LogP contribution is 2.23. The summed E-state index contributed by atoms with van der Waals surface area (Å²) in [4.78, 5) is 15.8. The minimum Gasteiger partial charge on any atom is -0.477 e. The van der Waals surface area contributed by atoms with Gasteiger partial charge in [0.25, 0.3) is 0 Å². The van der Waals surface area contributed by atoms with Crippen molar-refractivity contribution in [2.45, 2.75) is 148 Å². The standard InChI is InChI=1S/C30H55N3O2/c1-3-4-5-6-7-8-9-10-11-12-13-14-15-16-17-18-19-20-21-22-23-24-29-32-25-26-33(29,28(2)31)27-30(34)35/h3-4,25-26,28H,5-24,27,31H2,1-2H3/p+1/b4-3+. The summed E-state index contributed by atoms with van der Waals surface area (Å²) < 4.78 is 0.173. The molecule has 5 heteroatoms. The highest BCUT2D eigenvalue weighted by molar-refractivity contribution is 5.81. The zero-order chi connectivity index (χ0) is 25.6. The number of hydrogen-bond acceptors (Lipinski definition) is 3. The van der Waals surface area contributed by atoms with E-state index in [1.54, 1.807) is 6.20 Å². The first kappa shape index (κ1) is 31.6. The molecule has 0 aromatic rings. The molecule has 1 rings (SSSR count). The van der Waals surface area contributed by atoms with Gasteiger partial charge in [0.1, 0.15) is 12.4 Å². The second-order valence-corrected chi connectivity index (χ2v) is 10.5. The van der Waals surface area contributed by atoms with E-state index in [0.29, 0.717) is 0 Å². The van der Waals surface area contributed by atoms with Crippen LogP contribution in [-0.4, -0.2) is 34.1 Å². The van der Waals surface area contributed by atoms with Crippen molar-refractivity contribution < 1.29 is 14.4 Å². The second kappa shape index (κ2) is 20.7. The smallest absolute Gasteiger partial charge is 0.360 e. The molecule has 0 fully saturated rings. The lowest BCUT2D eigenvalue weighted by atomic mass is 10.0. The Labute approximate surface area is 216 Å². The number of carbonyl (C=O) groups is 1. The maximum atomic E-state index is 11.3. The fourth-order valence-electron chi connectivity index (χ4n) is 5.13. The van der Waals surface area contributed by atoms with Gasteiger partial charge in [0, 0.05) is 13.3 Å². The molecule has 1 aliphatic heterocycles. The number of quaternary nitrogens is 1. The fraction of sp³-hybridized carbons (Fsp3) is 0.800. The van der Waals surface area contributed by atoms with Crippen molar-refractivity contribution >= 4 is 11.8 Å². The van der Waals surface area contributed by atoms with Crippen molar-refractivity contribution in [3.8, 4) is 0 Å². The largest absolute Gasteiger partial charge is 0.477 e. The first-order valence-electron chi connectivity index (χ1n) is 14.7. The van der Waals surface area contributed by atoms with Crippen LogP contribution >= 0.6 is 0 Å². The van der Waals surface area contributed by atoms with Crippen LogP contribution in [0.5, 0.6) is 0 Å². The fourth-order valence-corrected chi connectivity index (χ4v) is 5.13. The molecule has 1 aliphatic rings. The summed E-state index contributed by atoms with van der Waals surface area (Å²) >= 11 is 0. The minimum absolute atomic E-state index is 0.0232. The predicted octanol–water partition coefficient (Wildman–Crippen LogP) is 8.45. The molecule has 0 spiro atoms. The van der Waals surface area contributed by atoms with Crippen LogP contribution in [0.2, 0.25) is 0 Å². The van der Waals surface area contributed by atoms with E-state index < -0.39 is 5.97 Å². The number of aliphatic carboxylic acids is 1. The summed E-state index contributed by atoms with van der Waals surface area (Å²) in [6.07, 6.45) is 34.3. The molecule has 0 saturated carbocycles. The summed E-state index contributed by atoms with van der Waals surface area (Å²) in [6.45, 7) is 3.95. The number of amidine groups is 1. The lowest BCUT2D eigenvalue weighted by molar-refractivity contribution is -0.805. The third-order valence-electron chi connectivity index (χ3n) is 7.42. The first-order chi connectivity index (χ1) is 17.0. The Kier molecular flexibility index (Phi) is 18.7. The van der Waals surface area contributed by atoms with E-state index in [9.17, 15) is 9.90 Å². The number of nitrogens with two attached hydrogens (primary N) is 1. The van der Waals surface area contributed by atoms with Crippen LogP contribution in [0, 0.1) is 0 Å². The third-order valence-corrected chi connectivity index (χ3v) is 7.42. The summed E-state index contributed by atoms with van der Waals surface area (Å²) in [5.74, 6) is 0.0664. The minimum atomic E-state index is -0.835.